The molecular formula is C9H13F2N3. The monoisotopic (exact) mass is 201 g/mol. The molecule has 0 unspecified atom stereocenters. The van der Waals surface area contributed by atoms with Crippen LogP contribution in [0.2, 0.25) is 0 Å². The highest BCUT2D eigenvalue weighted by atomic mass is 19.3. The van der Waals surface area contributed by atoms with Gasteiger partial charge in [-0.1, -0.05) is 0 Å². The lowest BCUT2D eigenvalue weighted by molar-refractivity contribution is -0.0221. The summed E-state index contributed by atoms with van der Waals surface area (Å²) in [6, 6.07) is 0. The minimum Gasteiger partial charge on any atom is -0.355 e. The lowest BCUT2D eigenvalue weighted by Crippen LogP contribution is -2.39. The summed E-state index contributed by atoms with van der Waals surface area (Å²) in [5.74, 6) is -1.69. The number of aromatic nitrogens is 2. The Morgan fingerprint density at radius 1 is 1.36 bits per heavy atom. The Hall–Kier alpha value is -1.13. The minimum atomic E-state index is -2.48. The van der Waals surface area contributed by atoms with E-state index < -0.39 is 5.92 Å². The Morgan fingerprint density at radius 2 is 2.00 bits per heavy atom. The second-order valence-electron chi connectivity index (χ2n) is 3.74. The molecule has 0 N–H and O–H groups in total. The zero-order chi connectivity index (χ0) is 10.2. The Morgan fingerprint density at radius 3 is 2.50 bits per heavy atom. The zero-order valence-corrected chi connectivity index (χ0v) is 8.08. The first-order valence-corrected chi connectivity index (χ1v) is 4.68. The van der Waals surface area contributed by atoms with E-state index >= 15 is 0 Å². The molecule has 0 amide bonds. The lowest BCUT2D eigenvalue weighted by atomic mass is 10.1. The number of anilines is 1. The molecular weight excluding hydrogens is 188 g/mol. The van der Waals surface area contributed by atoms with Crippen molar-refractivity contribution in [1.29, 1.82) is 0 Å². The molecule has 3 nitrogen and oxygen atoms in total. The molecule has 1 aliphatic heterocycles. The summed E-state index contributed by atoms with van der Waals surface area (Å²) >= 11 is 0. The van der Waals surface area contributed by atoms with E-state index in [1.54, 1.807) is 6.33 Å². The second-order valence-corrected chi connectivity index (χ2v) is 3.74. The van der Waals surface area contributed by atoms with Gasteiger partial charge < -0.3 is 9.47 Å². The van der Waals surface area contributed by atoms with Crippen LogP contribution in [0.5, 0.6) is 0 Å². The number of halogens is 2. The van der Waals surface area contributed by atoms with E-state index in [0.29, 0.717) is 13.1 Å². The van der Waals surface area contributed by atoms with E-state index in [4.69, 9.17) is 0 Å². The number of nitrogens with zero attached hydrogens (tertiary/aromatic N) is 3. The average molecular weight is 201 g/mol. The van der Waals surface area contributed by atoms with Crippen molar-refractivity contribution in [1.82, 2.24) is 9.55 Å². The van der Waals surface area contributed by atoms with Gasteiger partial charge in [-0.3, -0.25) is 0 Å². The second kappa shape index (κ2) is 3.22. The van der Waals surface area contributed by atoms with E-state index in [2.05, 4.69) is 4.98 Å². The lowest BCUT2D eigenvalue weighted by Gasteiger charge is -2.31. The molecule has 1 aromatic heterocycles. The molecule has 0 aliphatic carbocycles. The van der Waals surface area contributed by atoms with Crippen molar-refractivity contribution in [3.8, 4) is 0 Å². The first-order chi connectivity index (χ1) is 6.57. The van der Waals surface area contributed by atoms with Crippen LogP contribution < -0.4 is 4.90 Å². The molecule has 0 aromatic carbocycles. The van der Waals surface area contributed by atoms with Gasteiger partial charge in [-0.2, -0.15) is 0 Å². The van der Waals surface area contributed by atoms with Crippen LogP contribution in [0.3, 0.4) is 0 Å². The highest BCUT2D eigenvalue weighted by molar-refractivity contribution is 5.36. The fourth-order valence-electron chi connectivity index (χ4n) is 1.63. The maximum atomic E-state index is 12.8. The van der Waals surface area contributed by atoms with Gasteiger partial charge in [-0.15, -0.1) is 0 Å². The molecule has 2 heterocycles. The number of aryl methyl sites for hydroxylation is 1. The van der Waals surface area contributed by atoms with Gasteiger partial charge in [0, 0.05) is 39.2 Å². The predicted molar refractivity (Wildman–Crippen MR) is 49.6 cm³/mol. The summed E-state index contributed by atoms with van der Waals surface area (Å²) in [4.78, 5) is 6.03. The molecule has 0 radical (unpaired) electrons. The van der Waals surface area contributed by atoms with E-state index in [-0.39, 0.29) is 12.8 Å². The van der Waals surface area contributed by atoms with Gasteiger partial charge in [-0.25, -0.2) is 13.8 Å². The molecule has 2 rings (SSSR count). The summed E-state index contributed by atoms with van der Waals surface area (Å²) in [5, 5.41) is 0. The quantitative estimate of drug-likeness (QED) is 0.689. The van der Waals surface area contributed by atoms with Crippen molar-refractivity contribution in [3.63, 3.8) is 0 Å². The highest BCUT2D eigenvalue weighted by Gasteiger charge is 2.34. The zero-order valence-electron chi connectivity index (χ0n) is 8.08. The average Bonchev–Trinajstić information content (AvgIpc) is 2.52. The Bertz CT molecular complexity index is 312. The first kappa shape index (κ1) is 9.43. The molecule has 14 heavy (non-hydrogen) atoms. The van der Waals surface area contributed by atoms with Crippen LogP contribution in [0.1, 0.15) is 12.8 Å². The number of hydrogen-bond donors (Lipinski definition) is 0. The molecule has 0 saturated carbocycles. The number of rotatable bonds is 1. The normalized spacial score (nSPS) is 21.2. The number of alkyl halides is 2. The number of imidazole rings is 1. The van der Waals surface area contributed by atoms with Gasteiger partial charge in [0.1, 0.15) is 5.82 Å². The molecule has 5 heteroatoms. The first-order valence-electron chi connectivity index (χ1n) is 4.68. The molecule has 1 fully saturated rings. The summed E-state index contributed by atoms with van der Waals surface area (Å²) < 4.78 is 27.5. The van der Waals surface area contributed by atoms with Crippen LogP contribution >= 0.6 is 0 Å². The smallest absolute Gasteiger partial charge is 0.251 e. The van der Waals surface area contributed by atoms with E-state index in [1.807, 2.05) is 22.7 Å². The van der Waals surface area contributed by atoms with Crippen molar-refractivity contribution >= 4 is 5.82 Å². The standard InChI is InChI=1S/C9H13F2N3/c1-13-6-8(12-7-13)14-4-2-9(10,11)3-5-14/h6-7H,2-5H2,1H3. The third-order valence-electron chi connectivity index (χ3n) is 2.51. The fraction of sp³-hybridized carbons (Fsp3) is 0.667. The largest absolute Gasteiger partial charge is 0.355 e. The number of hydrogen-bond acceptors (Lipinski definition) is 2. The maximum Gasteiger partial charge on any atom is 0.251 e. The van der Waals surface area contributed by atoms with Crippen LogP contribution in [0.15, 0.2) is 12.5 Å². The van der Waals surface area contributed by atoms with Gasteiger partial charge in [0.15, 0.2) is 0 Å². The summed E-state index contributed by atoms with van der Waals surface area (Å²) in [7, 11) is 1.87. The molecule has 0 atom stereocenters. The van der Waals surface area contributed by atoms with Crippen molar-refractivity contribution < 1.29 is 8.78 Å². The van der Waals surface area contributed by atoms with Crippen LogP contribution in [0.4, 0.5) is 14.6 Å². The molecule has 0 bridgehead atoms. The van der Waals surface area contributed by atoms with Crippen molar-refractivity contribution in [2.45, 2.75) is 18.8 Å². The predicted octanol–water partition coefficient (Wildman–Crippen LogP) is 1.66. The van der Waals surface area contributed by atoms with Gasteiger partial charge in [0.05, 0.1) is 6.33 Å². The molecule has 1 saturated heterocycles. The van der Waals surface area contributed by atoms with Gasteiger partial charge in [0.2, 0.25) is 0 Å². The van der Waals surface area contributed by atoms with Gasteiger partial charge in [-0.05, 0) is 0 Å². The number of piperidine rings is 1. The highest BCUT2D eigenvalue weighted by Crippen LogP contribution is 2.29. The van der Waals surface area contributed by atoms with Crippen molar-refractivity contribution in [3.05, 3.63) is 12.5 Å². The Labute approximate surface area is 81.3 Å². The van der Waals surface area contributed by atoms with Crippen LogP contribution in [0, 0.1) is 0 Å². The third kappa shape index (κ3) is 1.86. The Kier molecular flexibility index (Phi) is 2.17. The Balaban J connectivity index is 2.02. The van der Waals surface area contributed by atoms with Crippen LogP contribution in [0.25, 0.3) is 0 Å². The van der Waals surface area contributed by atoms with Gasteiger partial charge in [0.25, 0.3) is 5.92 Å². The van der Waals surface area contributed by atoms with E-state index in [0.717, 1.165) is 5.82 Å². The summed E-state index contributed by atoms with van der Waals surface area (Å²) in [5.41, 5.74) is 0. The fourth-order valence-corrected chi connectivity index (χ4v) is 1.63. The van der Waals surface area contributed by atoms with E-state index in [1.165, 1.54) is 0 Å². The molecule has 1 aromatic rings. The topological polar surface area (TPSA) is 21.1 Å². The van der Waals surface area contributed by atoms with Crippen LogP contribution in [-0.2, 0) is 7.05 Å². The molecule has 0 spiro atoms. The third-order valence-corrected chi connectivity index (χ3v) is 2.51. The van der Waals surface area contributed by atoms with E-state index in [9.17, 15) is 8.78 Å². The maximum absolute atomic E-state index is 12.8. The van der Waals surface area contributed by atoms with Gasteiger partial charge >= 0.3 is 0 Å². The minimum absolute atomic E-state index is 0.0659. The van der Waals surface area contributed by atoms with Crippen molar-refractivity contribution in [2.24, 2.45) is 7.05 Å². The van der Waals surface area contributed by atoms with Crippen molar-refractivity contribution in [2.75, 3.05) is 18.0 Å². The summed E-state index contributed by atoms with van der Waals surface area (Å²) in [6.45, 7) is 0.786. The molecule has 78 valence electrons. The SMILES string of the molecule is Cn1cnc(N2CCC(F)(F)CC2)c1. The summed E-state index contributed by atoms with van der Waals surface area (Å²) in [6.07, 6.45) is 3.40. The molecule has 1 aliphatic rings. The van der Waals surface area contributed by atoms with Crippen LogP contribution in [-0.4, -0.2) is 28.6 Å².